The summed E-state index contributed by atoms with van der Waals surface area (Å²) in [6.07, 6.45) is 0. The number of ether oxygens (including phenoxy) is 1. The van der Waals surface area contributed by atoms with Gasteiger partial charge in [-0.25, -0.2) is 13.6 Å². The summed E-state index contributed by atoms with van der Waals surface area (Å²) in [4.78, 5) is 24.4. The van der Waals surface area contributed by atoms with Gasteiger partial charge in [0.05, 0.1) is 0 Å². The molecule has 0 fully saturated rings. The van der Waals surface area contributed by atoms with E-state index in [2.05, 4.69) is 5.32 Å². The van der Waals surface area contributed by atoms with E-state index in [0.717, 1.165) is 27.8 Å². The molecule has 1 heterocycles. The van der Waals surface area contributed by atoms with Crippen molar-refractivity contribution in [1.82, 2.24) is 0 Å². The maximum absolute atomic E-state index is 13.5. The molecule has 4 nitrogen and oxygen atoms in total. The van der Waals surface area contributed by atoms with E-state index in [0.29, 0.717) is 4.88 Å². The highest BCUT2D eigenvalue weighted by Crippen LogP contribution is 2.31. The number of halogens is 2. The molecule has 0 atom stereocenters. The lowest BCUT2D eigenvalue weighted by atomic mass is 10.1. The summed E-state index contributed by atoms with van der Waals surface area (Å²) in [5.74, 6) is -3.28. The summed E-state index contributed by atoms with van der Waals surface area (Å²) >= 11 is 1.27. The zero-order valence-corrected chi connectivity index (χ0v) is 14.0. The zero-order chi connectivity index (χ0) is 18.0. The van der Waals surface area contributed by atoms with Gasteiger partial charge < -0.3 is 10.1 Å². The number of amides is 1. The van der Waals surface area contributed by atoms with E-state index in [9.17, 15) is 18.4 Å². The predicted molar refractivity (Wildman–Crippen MR) is 91.8 cm³/mol. The van der Waals surface area contributed by atoms with Crippen molar-refractivity contribution in [3.05, 3.63) is 64.5 Å². The van der Waals surface area contributed by atoms with Crippen LogP contribution in [-0.4, -0.2) is 18.5 Å². The first-order valence-corrected chi connectivity index (χ1v) is 8.18. The second kappa shape index (κ2) is 6.98. The molecule has 7 heteroatoms. The average molecular weight is 361 g/mol. The molecule has 1 amide bonds. The number of fused-ring (bicyclic) bond motifs is 1. The Bertz CT molecular complexity index is 948. The fraction of sp³-hybridized carbons (Fsp3) is 0.111. The molecule has 0 unspecified atom stereocenters. The summed E-state index contributed by atoms with van der Waals surface area (Å²) in [5.41, 5.74) is 0.202. The third kappa shape index (κ3) is 3.51. The van der Waals surface area contributed by atoms with Gasteiger partial charge in [0.15, 0.2) is 6.61 Å². The molecule has 0 aliphatic carbocycles. The number of esters is 1. The van der Waals surface area contributed by atoms with Gasteiger partial charge in [-0.05, 0) is 36.1 Å². The molecule has 0 saturated carbocycles. The molecular weight excluding hydrogens is 348 g/mol. The number of hydrogen-bond acceptors (Lipinski definition) is 4. The Morgan fingerprint density at radius 3 is 2.44 bits per heavy atom. The number of aryl methyl sites for hydroxylation is 1. The molecule has 1 aromatic heterocycles. The molecule has 1 N–H and O–H groups in total. The van der Waals surface area contributed by atoms with Crippen LogP contribution in [0.4, 0.5) is 14.5 Å². The quantitative estimate of drug-likeness (QED) is 0.706. The highest BCUT2D eigenvalue weighted by Gasteiger charge is 2.18. The number of hydrogen-bond donors (Lipinski definition) is 1. The van der Waals surface area contributed by atoms with Gasteiger partial charge in [-0.1, -0.05) is 24.3 Å². The van der Waals surface area contributed by atoms with E-state index in [-0.39, 0.29) is 0 Å². The lowest BCUT2D eigenvalue weighted by Gasteiger charge is -2.08. The number of benzene rings is 2. The van der Waals surface area contributed by atoms with Crippen LogP contribution >= 0.6 is 11.3 Å². The van der Waals surface area contributed by atoms with E-state index in [1.54, 1.807) is 6.92 Å². The van der Waals surface area contributed by atoms with Gasteiger partial charge in [0.1, 0.15) is 22.2 Å². The second-order valence-corrected chi connectivity index (χ2v) is 6.33. The van der Waals surface area contributed by atoms with Gasteiger partial charge in [0.2, 0.25) is 0 Å². The lowest BCUT2D eigenvalue weighted by molar-refractivity contribution is -0.119. The minimum Gasteiger partial charge on any atom is -0.451 e. The molecular formula is C18H13F2NO3S. The summed E-state index contributed by atoms with van der Waals surface area (Å²) in [6.45, 7) is 1.16. The van der Waals surface area contributed by atoms with Crippen molar-refractivity contribution < 1.29 is 23.1 Å². The Morgan fingerprint density at radius 2 is 1.76 bits per heavy atom. The van der Waals surface area contributed by atoms with Crippen molar-refractivity contribution in [2.24, 2.45) is 0 Å². The van der Waals surface area contributed by atoms with Gasteiger partial charge in [0, 0.05) is 4.70 Å². The van der Waals surface area contributed by atoms with Crippen LogP contribution in [0.25, 0.3) is 10.1 Å². The van der Waals surface area contributed by atoms with Crippen molar-refractivity contribution in [2.75, 3.05) is 11.9 Å². The first-order chi connectivity index (χ1) is 12.0. The number of nitrogens with one attached hydrogen (secondary N) is 1. The van der Waals surface area contributed by atoms with Crippen LogP contribution in [0.2, 0.25) is 0 Å². The molecule has 0 aliphatic rings. The van der Waals surface area contributed by atoms with E-state index in [4.69, 9.17) is 4.74 Å². The first kappa shape index (κ1) is 17.0. The average Bonchev–Trinajstić information content (AvgIpc) is 2.93. The first-order valence-electron chi connectivity index (χ1n) is 7.36. The van der Waals surface area contributed by atoms with Crippen LogP contribution in [0.3, 0.4) is 0 Å². The van der Waals surface area contributed by atoms with E-state index in [1.165, 1.54) is 17.4 Å². The van der Waals surface area contributed by atoms with Crippen LogP contribution in [0.15, 0.2) is 42.5 Å². The van der Waals surface area contributed by atoms with Crippen molar-refractivity contribution >= 4 is 39.0 Å². The third-order valence-corrected chi connectivity index (χ3v) is 4.84. The van der Waals surface area contributed by atoms with Gasteiger partial charge >= 0.3 is 5.97 Å². The number of carbonyl (C=O) groups excluding carboxylic acids is 2. The normalized spacial score (nSPS) is 10.7. The summed E-state index contributed by atoms with van der Waals surface area (Å²) in [6, 6.07) is 10.7. The molecule has 0 saturated heterocycles. The smallest absolute Gasteiger partial charge is 0.349 e. The van der Waals surface area contributed by atoms with Crippen LogP contribution < -0.4 is 5.32 Å². The standard InChI is InChI=1S/C18H13F2NO3S/c1-10-11-5-2-3-8-14(11)25-17(10)18(23)24-9-15(22)21-16-12(19)6-4-7-13(16)20/h2-8H,9H2,1H3,(H,21,22). The Balaban J connectivity index is 1.67. The fourth-order valence-electron chi connectivity index (χ4n) is 2.36. The molecule has 0 radical (unpaired) electrons. The third-order valence-electron chi connectivity index (χ3n) is 3.59. The van der Waals surface area contributed by atoms with Crippen LogP contribution in [0, 0.1) is 18.6 Å². The molecule has 3 aromatic rings. The molecule has 3 rings (SSSR count). The minimum atomic E-state index is -0.903. The number of anilines is 1. The maximum Gasteiger partial charge on any atom is 0.349 e. The second-order valence-electron chi connectivity index (χ2n) is 5.27. The van der Waals surface area contributed by atoms with Crippen molar-refractivity contribution in [3.63, 3.8) is 0 Å². The Morgan fingerprint density at radius 1 is 1.08 bits per heavy atom. The maximum atomic E-state index is 13.5. The molecule has 0 aliphatic heterocycles. The number of rotatable bonds is 4. The van der Waals surface area contributed by atoms with E-state index < -0.39 is 35.8 Å². The fourth-order valence-corrected chi connectivity index (χ4v) is 3.46. The molecule has 128 valence electrons. The Hall–Kier alpha value is -2.80. The van der Waals surface area contributed by atoms with E-state index in [1.807, 2.05) is 24.3 Å². The topological polar surface area (TPSA) is 55.4 Å². The predicted octanol–water partition coefficient (Wildman–Crippen LogP) is 4.28. The number of para-hydroxylation sites is 1. The van der Waals surface area contributed by atoms with Gasteiger partial charge in [-0.3, -0.25) is 4.79 Å². The van der Waals surface area contributed by atoms with Gasteiger partial charge in [-0.2, -0.15) is 0 Å². The lowest BCUT2D eigenvalue weighted by Crippen LogP contribution is -2.22. The SMILES string of the molecule is Cc1c(C(=O)OCC(=O)Nc2c(F)cccc2F)sc2ccccc12. The van der Waals surface area contributed by atoms with Crippen LogP contribution in [-0.2, 0) is 9.53 Å². The zero-order valence-electron chi connectivity index (χ0n) is 13.1. The van der Waals surface area contributed by atoms with Crippen molar-refractivity contribution in [3.8, 4) is 0 Å². The van der Waals surface area contributed by atoms with Gasteiger partial charge in [-0.15, -0.1) is 11.3 Å². The molecule has 0 bridgehead atoms. The van der Waals surface area contributed by atoms with E-state index >= 15 is 0 Å². The molecule has 25 heavy (non-hydrogen) atoms. The Kier molecular flexibility index (Phi) is 4.76. The number of carbonyl (C=O) groups is 2. The van der Waals surface area contributed by atoms with Crippen molar-refractivity contribution in [1.29, 1.82) is 0 Å². The minimum absolute atomic E-state index is 0.395. The molecule has 2 aromatic carbocycles. The molecule has 0 spiro atoms. The summed E-state index contributed by atoms with van der Waals surface area (Å²) in [7, 11) is 0. The van der Waals surface area contributed by atoms with Gasteiger partial charge in [0.25, 0.3) is 5.91 Å². The highest BCUT2D eigenvalue weighted by molar-refractivity contribution is 7.21. The van der Waals surface area contributed by atoms with Crippen LogP contribution in [0.5, 0.6) is 0 Å². The van der Waals surface area contributed by atoms with Crippen molar-refractivity contribution in [2.45, 2.75) is 6.92 Å². The van der Waals surface area contributed by atoms with Crippen LogP contribution in [0.1, 0.15) is 15.2 Å². The highest BCUT2D eigenvalue weighted by atomic mass is 32.1. The Labute approximate surface area is 146 Å². The monoisotopic (exact) mass is 361 g/mol. The number of thiophene rings is 1. The largest absolute Gasteiger partial charge is 0.451 e. The summed E-state index contributed by atoms with van der Waals surface area (Å²) < 4.78 is 32.9. The summed E-state index contributed by atoms with van der Waals surface area (Å²) in [5, 5.41) is 3.01.